The third-order valence-electron chi connectivity index (χ3n) is 10.8. The van der Waals surface area contributed by atoms with Crippen LogP contribution in [0.1, 0.15) is 27.7 Å². The standard InChI is InChI=1S/C20H19NOSi.C18H19BO3.C8H12BrNSi/c1-23(2,3)15-9-10-18(21-13-15)14-8-11-20-17(12-14)16-6-4-5-7-19(16)22-20;1-17(2)18(3,4)22-19(21-17)12-9-10-16-14(11-12)13-7-5-6-8-15(13)20-16;1-11(2,3)7-4-5-8(9)10-6-7/h4-13H,1-3H3;5-11H,1-4H3;4-6H,1-3H3. The fourth-order valence-electron chi connectivity index (χ4n) is 6.58. The monoisotopic (exact) mass is 840 g/mol. The number of hydrogen-bond donors (Lipinski definition) is 0. The first-order valence-corrected chi connectivity index (χ1v) is 27.0. The van der Waals surface area contributed by atoms with Crippen LogP contribution in [-0.4, -0.2) is 44.4 Å². The molecule has 0 amide bonds. The zero-order chi connectivity index (χ0) is 40.0. The van der Waals surface area contributed by atoms with Gasteiger partial charge in [-0.3, -0.25) is 4.98 Å². The van der Waals surface area contributed by atoms with Crippen molar-refractivity contribution in [2.24, 2.45) is 0 Å². The summed E-state index contributed by atoms with van der Waals surface area (Å²) >= 11 is 3.32. The lowest BCUT2D eigenvalue weighted by molar-refractivity contribution is 0.00578. The zero-order valence-corrected chi connectivity index (χ0v) is 37.6. The number of para-hydroxylation sites is 2. The van der Waals surface area contributed by atoms with Crippen LogP contribution < -0.4 is 15.8 Å². The summed E-state index contributed by atoms with van der Waals surface area (Å²) in [5, 5.41) is 7.31. The Labute approximate surface area is 340 Å². The number of fused-ring (bicyclic) bond motifs is 6. The maximum absolute atomic E-state index is 6.13. The Bertz CT molecular complexity index is 2620. The van der Waals surface area contributed by atoms with E-state index >= 15 is 0 Å². The van der Waals surface area contributed by atoms with Crippen molar-refractivity contribution < 1.29 is 18.1 Å². The molecule has 8 aromatic rings. The first-order chi connectivity index (χ1) is 26.4. The van der Waals surface area contributed by atoms with Gasteiger partial charge in [-0.15, -0.1) is 0 Å². The van der Waals surface area contributed by atoms with E-state index in [-0.39, 0.29) is 18.3 Å². The van der Waals surface area contributed by atoms with Crippen LogP contribution in [0.4, 0.5) is 0 Å². The van der Waals surface area contributed by atoms with Gasteiger partial charge in [0.15, 0.2) is 0 Å². The maximum Gasteiger partial charge on any atom is 0.494 e. The van der Waals surface area contributed by atoms with Crippen LogP contribution in [0.3, 0.4) is 0 Å². The molecule has 0 bridgehead atoms. The summed E-state index contributed by atoms with van der Waals surface area (Å²) in [5.74, 6) is 0. The van der Waals surface area contributed by atoms with Gasteiger partial charge in [0.05, 0.1) is 33.0 Å². The summed E-state index contributed by atoms with van der Waals surface area (Å²) in [6.07, 6.45) is 4.01. The van der Waals surface area contributed by atoms with Crippen molar-refractivity contribution in [2.45, 2.75) is 78.2 Å². The molecule has 4 aromatic carbocycles. The summed E-state index contributed by atoms with van der Waals surface area (Å²) < 4.78 is 24.9. The Morgan fingerprint density at radius 3 is 1.50 bits per heavy atom. The SMILES string of the molecule is CC1(C)OB(c2ccc3oc4ccccc4c3c2)OC1(C)C.C[Si](C)(C)c1ccc(-c2ccc3oc4ccccc4c3c2)nc1.C[Si](C)(C)c1ccc(Br)nc1. The third kappa shape index (κ3) is 8.36. The van der Waals surface area contributed by atoms with Gasteiger partial charge in [0.2, 0.25) is 0 Å². The number of halogens is 1. The molecular formula is C46H50BBrN2O4Si2. The lowest BCUT2D eigenvalue weighted by Gasteiger charge is -2.32. The molecule has 0 unspecified atom stereocenters. The molecule has 1 aliphatic heterocycles. The molecule has 9 rings (SSSR count). The molecule has 1 aliphatic rings. The summed E-state index contributed by atoms with van der Waals surface area (Å²) in [7, 11) is -2.79. The van der Waals surface area contributed by atoms with Crippen LogP contribution in [0, 0.1) is 0 Å². The predicted molar refractivity (Wildman–Crippen MR) is 244 cm³/mol. The fraction of sp³-hybridized carbons (Fsp3) is 0.261. The molecule has 5 heterocycles. The highest BCUT2D eigenvalue weighted by atomic mass is 79.9. The summed E-state index contributed by atoms with van der Waals surface area (Å²) in [5.41, 5.74) is 6.17. The van der Waals surface area contributed by atoms with E-state index in [0.29, 0.717) is 0 Å². The zero-order valence-electron chi connectivity index (χ0n) is 34.0. The van der Waals surface area contributed by atoms with Gasteiger partial charge in [-0.25, -0.2) is 4.98 Å². The summed E-state index contributed by atoms with van der Waals surface area (Å²) in [4.78, 5) is 8.89. The lowest BCUT2D eigenvalue weighted by Crippen LogP contribution is -2.41. The Morgan fingerprint density at radius 2 is 1.00 bits per heavy atom. The second kappa shape index (κ2) is 15.2. The van der Waals surface area contributed by atoms with Gasteiger partial charge >= 0.3 is 7.12 Å². The molecule has 0 saturated carbocycles. The molecule has 1 fully saturated rings. The third-order valence-corrected chi connectivity index (χ3v) is 15.3. The van der Waals surface area contributed by atoms with Gasteiger partial charge in [-0.05, 0) is 108 Å². The largest absolute Gasteiger partial charge is 0.494 e. The summed E-state index contributed by atoms with van der Waals surface area (Å²) in [6.45, 7) is 22.2. The molecule has 4 aromatic heterocycles. The van der Waals surface area contributed by atoms with Gasteiger partial charge in [-0.2, -0.15) is 0 Å². The van der Waals surface area contributed by atoms with Crippen LogP contribution in [0.15, 0.2) is 135 Å². The van der Waals surface area contributed by atoms with Crippen LogP contribution >= 0.6 is 15.9 Å². The van der Waals surface area contributed by atoms with Crippen LogP contribution in [0.25, 0.3) is 55.1 Å². The number of rotatable bonds is 4. The van der Waals surface area contributed by atoms with Crippen LogP contribution in [0.5, 0.6) is 0 Å². The number of furan rings is 2. The van der Waals surface area contributed by atoms with Crippen molar-refractivity contribution in [3.63, 3.8) is 0 Å². The van der Waals surface area contributed by atoms with E-state index in [2.05, 4.69) is 136 Å². The minimum Gasteiger partial charge on any atom is -0.456 e. The van der Waals surface area contributed by atoms with E-state index in [1.165, 1.54) is 10.4 Å². The molecule has 56 heavy (non-hydrogen) atoms. The van der Waals surface area contributed by atoms with Gasteiger partial charge in [-0.1, -0.05) is 99.9 Å². The van der Waals surface area contributed by atoms with Gasteiger partial charge < -0.3 is 18.1 Å². The molecule has 6 nitrogen and oxygen atoms in total. The molecule has 0 N–H and O–H groups in total. The van der Waals surface area contributed by atoms with E-state index in [9.17, 15) is 0 Å². The topological polar surface area (TPSA) is 70.5 Å². The van der Waals surface area contributed by atoms with Crippen molar-refractivity contribution in [1.82, 2.24) is 9.97 Å². The Morgan fingerprint density at radius 1 is 0.518 bits per heavy atom. The number of hydrogen-bond acceptors (Lipinski definition) is 6. The van der Waals surface area contributed by atoms with Crippen molar-refractivity contribution >= 4 is 98.9 Å². The molecule has 0 aliphatic carbocycles. The number of pyridine rings is 2. The Kier molecular flexibility index (Phi) is 10.8. The van der Waals surface area contributed by atoms with E-state index in [1.807, 2.05) is 73.1 Å². The number of aromatic nitrogens is 2. The minimum atomic E-state index is -1.30. The van der Waals surface area contributed by atoms with E-state index < -0.39 is 16.1 Å². The molecule has 10 heteroatoms. The van der Waals surface area contributed by atoms with Gasteiger partial charge in [0, 0.05) is 39.5 Å². The highest BCUT2D eigenvalue weighted by Gasteiger charge is 2.51. The average molecular weight is 842 g/mol. The van der Waals surface area contributed by atoms with E-state index in [1.54, 1.807) is 0 Å². The quantitative estimate of drug-likeness (QED) is 0.130. The second-order valence-electron chi connectivity index (χ2n) is 17.6. The number of nitrogens with zero attached hydrogens (tertiary/aromatic N) is 2. The van der Waals surface area contributed by atoms with Gasteiger partial charge in [0.25, 0.3) is 0 Å². The molecular weight excluding hydrogens is 791 g/mol. The Balaban J connectivity index is 0.000000137. The van der Waals surface area contributed by atoms with E-state index in [0.717, 1.165) is 65.2 Å². The van der Waals surface area contributed by atoms with Crippen LogP contribution in [-0.2, 0) is 9.31 Å². The molecule has 0 atom stereocenters. The highest BCUT2D eigenvalue weighted by Crippen LogP contribution is 2.37. The highest BCUT2D eigenvalue weighted by molar-refractivity contribution is 9.10. The minimum absolute atomic E-state index is 0.328. The molecule has 1 saturated heterocycles. The van der Waals surface area contributed by atoms with Gasteiger partial charge in [0.1, 0.15) is 26.9 Å². The van der Waals surface area contributed by atoms with E-state index in [4.69, 9.17) is 23.1 Å². The molecule has 286 valence electrons. The van der Waals surface area contributed by atoms with Crippen molar-refractivity contribution in [1.29, 1.82) is 0 Å². The average Bonchev–Trinajstić information content (AvgIpc) is 3.79. The normalized spacial score (nSPS) is 15.2. The van der Waals surface area contributed by atoms with Crippen LogP contribution in [0.2, 0.25) is 39.3 Å². The Hall–Kier alpha value is -4.32. The van der Waals surface area contributed by atoms with Crippen molar-refractivity contribution in [3.05, 3.63) is 126 Å². The number of benzene rings is 4. The first-order valence-electron chi connectivity index (χ1n) is 19.2. The predicted octanol–water partition coefficient (Wildman–Crippen LogP) is 11.5. The smallest absolute Gasteiger partial charge is 0.456 e. The fourth-order valence-corrected chi connectivity index (χ4v) is 8.89. The maximum atomic E-state index is 6.13. The lowest BCUT2D eigenvalue weighted by atomic mass is 9.78. The molecule has 0 spiro atoms. The molecule has 0 radical (unpaired) electrons. The summed E-state index contributed by atoms with van der Waals surface area (Å²) in [6, 6.07) is 37.2. The first kappa shape index (κ1) is 39.9. The second-order valence-corrected chi connectivity index (χ2v) is 28.5. The van der Waals surface area contributed by atoms with Crippen molar-refractivity contribution in [3.8, 4) is 11.3 Å². The van der Waals surface area contributed by atoms with Crippen molar-refractivity contribution in [2.75, 3.05) is 0 Å².